The molecule has 2 N–H and O–H groups in total. The summed E-state index contributed by atoms with van der Waals surface area (Å²) < 4.78 is 41.9. The second-order valence-electron chi connectivity index (χ2n) is 4.80. The zero-order chi connectivity index (χ0) is 15.5. The first kappa shape index (κ1) is 19.1. The zero-order valence-electron chi connectivity index (χ0n) is 12.2. The minimum Gasteiger partial charge on any atom is -0.378 e. The Balaban J connectivity index is 0.00000242. The van der Waals surface area contributed by atoms with Gasteiger partial charge in [0.2, 0.25) is 0 Å². The average Bonchev–Trinajstić information content (AvgIpc) is 2.45. The van der Waals surface area contributed by atoms with Gasteiger partial charge in [-0.05, 0) is 18.2 Å². The van der Waals surface area contributed by atoms with Crippen molar-refractivity contribution in [3.63, 3.8) is 0 Å². The number of ether oxygens (including phenoxy) is 1. The van der Waals surface area contributed by atoms with Crippen LogP contribution < -0.4 is 5.73 Å². The third-order valence-electron chi connectivity index (χ3n) is 3.19. The highest BCUT2D eigenvalue weighted by Crippen LogP contribution is 2.16. The molecule has 0 bridgehead atoms. The minimum atomic E-state index is -3.37. The smallest absolute Gasteiger partial charge is 0.191 e. The van der Waals surface area contributed by atoms with Gasteiger partial charge >= 0.3 is 0 Å². The molecule has 1 heterocycles. The molecule has 1 aliphatic heterocycles. The summed E-state index contributed by atoms with van der Waals surface area (Å²) in [6.07, 6.45) is 1.08. The molecular formula is C13H19FIN3O3S. The maximum atomic E-state index is 13.7. The van der Waals surface area contributed by atoms with E-state index in [0.717, 1.165) is 12.3 Å². The average molecular weight is 443 g/mol. The molecular weight excluding hydrogens is 424 g/mol. The molecule has 0 radical (unpaired) electrons. The summed E-state index contributed by atoms with van der Waals surface area (Å²) in [5.41, 5.74) is 6.05. The van der Waals surface area contributed by atoms with Crippen molar-refractivity contribution >= 4 is 39.8 Å². The molecule has 0 atom stereocenters. The third-order valence-corrected chi connectivity index (χ3v) is 4.30. The van der Waals surface area contributed by atoms with Gasteiger partial charge in [0.1, 0.15) is 5.82 Å². The number of morpholine rings is 1. The monoisotopic (exact) mass is 443 g/mol. The molecule has 1 aromatic carbocycles. The zero-order valence-corrected chi connectivity index (χ0v) is 15.3. The van der Waals surface area contributed by atoms with Crippen molar-refractivity contribution in [2.75, 3.05) is 32.6 Å². The molecule has 1 fully saturated rings. The SMILES string of the molecule is CS(=O)(=O)c1ccc(F)c(CN=C(N)N2CCOCC2)c1.I. The van der Waals surface area contributed by atoms with Crippen LogP contribution in [0.3, 0.4) is 0 Å². The van der Waals surface area contributed by atoms with E-state index in [-0.39, 0.29) is 41.0 Å². The first-order chi connectivity index (χ1) is 9.88. The van der Waals surface area contributed by atoms with Gasteiger partial charge < -0.3 is 15.4 Å². The molecule has 1 saturated heterocycles. The highest BCUT2D eigenvalue weighted by molar-refractivity contribution is 14.0. The molecule has 9 heteroatoms. The van der Waals surface area contributed by atoms with E-state index in [2.05, 4.69) is 4.99 Å². The van der Waals surface area contributed by atoms with Gasteiger partial charge in [-0.3, -0.25) is 0 Å². The Morgan fingerprint density at radius 2 is 2.05 bits per heavy atom. The number of benzene rings is 1. The van der Waals surface area contributed by atoms with E-state index in [1.54, 1.807) is 0 Å². The van der Waals surface area contributed by atoms with Crippen LogP contribution >= 0.6 is 24.0 Å². The molecule has 2 rings (SSSR count). The molecule has 22 heavy (non-hydrogen) atoms. The molecule has 0 aliphatic carbocycles. The van der Waals surface area contributed by atoms with E-state index in [1.165, 1.54) is 12.1 Å². The Morgan fingerprint density at radius 3 is 2.64 bits per heavy atom. The predicted octanol–water partition coefficient (Wildman–Crippen LogP) is 0.994. The van der Waals surface area contributed by atoms with Crippen LogP contribution in [0, 0.1) is 5.82 Å². The van der Waals surface area contributed by atoms with Crippen molar-refractivity contribution in [1.29, 1.82) is 0 Å². The Morgan fingerprint density at radius 1 is 1.41 bits per heavy atom. The van der Waals surface area contributed by atoms with Crippen LogP contribution in [0.1, 0.15) is 5.56 Å². The van der Waals surface area contributed by atoms with Crippen LogP contribution in [-0.4, -0.2) is 51.8 Å². The van der Waals surface area contributed by atoms with Gasteiger partial charge in [-0.25, -0.2) is 17.8 Å². The van der Waals surface area contributed by atoms with E-state index < -0.39 is 15.7 Å². The molecule has 1 aliphatic rings. The number of rotatable bonds is 3. The molecule has 0 saturated carbocycles. The largest absolute Gasteiger partial charge is 0.378 e. The highest BCUT2D eigenvalue weighted by Gasteiger charge is 2.14. The number of aliphatic imine (C=N–C) groups is 1. The summed E-state index contributed by atoms with van der Waals surface area (Å²) in [5, 5.41) is 0. The van der Waals surface area contributed by atoms with E-state index >= 15 is 0 Å². The van der Waals surface area contributed by atoms with Gasteiger partial charge in [0.25, 0.3) is 0 Å². The number of hydrogen-bond acceptors (Lipinski definition) is 4. The van der Waals surface area contributed by atoms with Crippen molar-refractivity contribution in [2.45, 2.75) is 11.4 Å². The third kappa shape index (κ3) is 5.06. The van der Waals surface area contributed by atoms with Crippen LogP contribution in [0.15, 0.2) is 28.1 Å². The number of nitrogens with zero attached hydrogens (tertiary/aromatic N) is 2. The van der Waals surface area contributed by atoms with Gasteiger partial charge in [-0.15, -0.1) is 24.0 Å². The normalized spacial score (nSPS) is 16.3. The minimum absolute atomic E-state index is 0. The lowest BCUT2D eigenvalue weighted by atomic mass is 10.2. The Labute approximate surface area is 146 Å². The summed E-state index contributed by atoms with van der Waals surface area (Å²) >= 11 is 0. The number of sulfone groups is 1. The van der Waals surface area contributed by atoms with E-state index in [0.29, 0.717) is 32.3 Å². The van der Waals surface area contributed by atoms with Gasteiger partial charge in [-0.1, -0.05) is 0 Å². The fourth-order valence-electron chi connectivity index (χ4n) is 1.96. The van der Waals surface area contributed by atoms with E-state index in [9.17, 15) is 12.8 Å². The second kappa shape index (κ2) is 8.06. The topological polar surface area (TPSA) is 85.0 Å². The van der Waals surface area contributed by atoms with Crippen LogP contribution in [0.4, 0.5) is 4.39 Å². The Kier molecular flexibility index (Phi) is 7.00. The molecule has 124 valence electrons. The van der Waals surface area contributed by atoms with Crippen molar-refractivity contribution < 1.29 is 17.5 Å². The Bertz CT molecular complexity index is 646. The van der Waals surface area contributed by atoms with Crippen LogP contribution in [0.2, 0.25) is 0 Å². The first-order valence-electron chi connectivity index (χ1n) is 6.49. The van der Waals surface area contributed by atoms with Crippen LogP contribution in [-0.2, 0) is 21.1 Å². The lowest BCUT2D eigenvalue weighted by Gasteiger charge is -2.27. The van der Waals surface area contributed by atoms with Crippen molar-refractivity contribution in [2.24, 2.45) is 10.7 Å². The van der Waals surface area contributed by atoms with Gasteiger partial charge in [0, 0.05) is 24.9 Å². The second-order valence-corrected chi connectivity index (χ2v) is 6.81. The van der Waals surface area contributed by atoms with Gasteiger partial charge in [-0.2, -0.15) is 0 Å². The fraction of sp³-hybridized carbons (Fsp3) is 0.462. The summed E-state index contributed by atoms with van der Waals surface area (Å²) in [5.74, 6) is -0.191. The molecule has 0 unspecified atom stereocenters. The summed E-state index contributed by atoms with van der Waals surface area (Å²) in [6, 6.07) is 3.66. The van der Waals surface area contributed by atoms with E-state index in [4.69, 9.17) is 10.5 Å². The standard InChI is InChI=1S/C13H18FN3O3S.HI/c1-21(18,19)11-2-3-12(14)10(8-11)9-16-13(15)17-4-6-20-7-5-17;/h2-3,8H,4-7,9H2,1H3,(H2,15,16);1H. The predicted molar refractivity (Wildman–Crippen MR) is 92.6 cm³/mol. The lowest BCUT2D eigenvalue weighted by molar-refractivity contribution is 0.0674. The maximum Gasteiger partial charge on any atom is 0.191 e. The lowest BCUT2D eigenvalue weighted by Crippen LogP contribution is -2.44. The number of hydrogen-bond donors (Lipinski definition) is 1. The summed E-state index contributed by atoms with van der Waals surface area (Å²) in [4.78, 5) is 6.05. The van der Waals surface area contributed by atoms with Crippen LogP contribution in [0.25, 0.3) is 0 Å². The van der Waals surface area contributed by atoms with Crippen molar-refractivity contribution in [1.82, 2.24) is 4.90 Å². The van der Waals surface area contributed by atoms with Crippen molar-refractivity contribution in [3.05, 3.63) is 29.6 Å². The maximum absolute atomic E-state index is 13.7. The molecule has 6 nitrogen and oxygen atoms in total. The molecule has 0 amide bonds. The summed E-state index contributed by atoms with van der Waals surface area (Å²) in [6.45, 7) is 2.43. The van der Waals surface area contributed by atoms with Gasteiger partial charge in [0.05, 0.1) is 24.7 Å². The number of nitrogens with two attached hydrogens (primary N) is 1. The summed E-state index contributed by atoms with van der Waals surface area (Å²) in [7, 11) is -3.37. The fourth-order valence-corrected chi connectivity index (χ4v) is 2.63. The number of halogens is 2. The molecule has 1 aromatic rings. The molecule has 0 spiro atoms. The van der Waals surface area contributed by atoms with E-state index in [1.807, 2.05) is 4.90 Å². The Hall–Kier alpha value is -0.940. The first-order valence-corrected chi connectivity index (χ1v) is 8.38. The van der Waals surface area contributed by atoms with Crippen LogP contribution in [0.5, 0.6) is 0 Å². The van der Waals surface area contributed by atoms with Gasteiger partial charge in [0.15, 0.2) is 15.8 Å². The number of guanidine groups is 1. The quantitative estimate of drug-likeness (QED) is 0.326. The highest BCUT2D eigenvalue weighted by atomic mass is 127. The molecule has 0 aromatic heterocycles. The van der Waals surface area contributed by atoms with Crippen molar-refractivity contribution in [3.8, 4) is 0 Å².